The summed E-state index contributed by atoms with van der Waals surface area (Å²) in [6.45, 7) is 17.0. The number of hydrogen-bond acceptors (Lipinski definition) is 4. The molecule has 0 bridgehead atoms. The van der Waals surface area contributed by atoms with Gasteiger partial charge in [0, 0.05) is 11.3 Å². The highest BCUT2D eigenvalue weighted by Crippen LogP contribution is 2.75. The van der Waals surface area contributed by atoms with E-state index in [0.717, 1.165) is 38.5 Å². The first-order valence-electron chi connectivity index (χ1n) is 16.2. The van der Waals surface area contributed by atoms with Crippen LogP contribution in [0.2, 0.25) is 0 Å². The van der Waals surface area contributed by atoms with Gasteiger partial charge >= 0.3 is 0 Å². The van der Waals surface area contributed by atoms with Gasteiger partial charge in [0.1, 0.15) is 6.61 Å². The molecule has 220 valence electrons. The Hall–Kier alpha value is -1.67. The van der Waals surface area contributed by atoms with Gasteiger partial charge in [-0.25, -0.2) is 0 Å². The molecule has 0 aromatic rings. The van der Waals surface area contributed by atoms with Gasteiger partial charge in [0.15, 0.2) is 5.78 Å². The summed E-state index contributed by atoms with van der Waals surface area (Å²) in [5, 5.41) is 12.1. The molecule has 0 radical (unpaired) electrons. The Morgan fingerprint density at radius 1 is 1.02 bits per heavy atom. The standard InChI is InChI=1S/C35H52N2O3/c1-30(2)10-8-11-33(5)27(30)9-12-35(7)28(33)25(38)19-22-23-21-32(4,14-13-31(23,3)15-16-34(22,35)6)29(39)37-24-20-26(24)40-18-17-36/h19,23-24,26-28H,8-16,18,20-21H2,1-7H3,(H,37,39)/t23-,24?,26-,27?,28+,31+,32-,33-,34+,35+/m0/s1. The third kappa shape index (κ3) is 3.86. The van der Waals surface area contributed by atoms with Gasteiger partial charge in [0.25, 0.3) is 0 Å². The summed E-state index contributed by atoms with van der Waals surface area (Å²) in [5.74, 6) is 1.47. The number of ether oxygens (including phenoxy) is 1. The second-order valence-electron chi connectivity index (χ2n) is 16.9. The molecule has 0 aliphatic heterocycles. The molecule has 5 nitrogen and oxygen atoms in total. The quantitative estimate of drug-likeness (QED) is 0.404. The van der Waals surface area contributed by atoms with Crippen molar-refractivity contribution in [2.45, 2.75) is 131 Å². The largest absolute Gasteiger partial charge is 0.361 e. The van der Waals surface area contributed by atoms with E-state index in [9.17, 15) is 9.59 Å². The molecule has 10 atom stereocenters. The lowest BCUT2D eigenvalue weighted by Crippen LogP contribution is -2.65. The number of allylic oxidation sites excluding steroid dienone is 2. The van der Waals surface area contributed by atoms with Crippen LogP contribution in [0.15, 0.2) is 11.6 Å². The van der Waals surface area contributed by atoms with Crippen molar-refractivity contribution in [1.82, 2.24) is 5.32 Å². The fourth-order valence-electron chi connectivity index (χ4n) is 11.5. The van der Waals surface area contributed by atoms with Crippen molar-refractivity contribution in [2.75, 3.05) is 6.61 Å². The van der Waals surface area contributed by atoms with Gasteiger partial charge in [-0.3, -0.25) is 9.59 Å². The number of carbonyl (C=O) groups excluding carboxylic acids is 2. The van der Waals surface area contributed by atoms with Gasteiger partial charge in [-0.2, -0.15) is 5.26 Å². The summed E-state index contributed by atoms with van der Waals surface area (Å²) >= 11 is 0. The lowest BCUT2D eigenvalue weighted by molar-refractivity contribution is -0.185. The Morgan fingerprint density at radius 3 is 2.48 bits per heavy atom. The molecule has 6 aliphatic rings. The van der Waals surface area contributed by atoms with Crippen molar-refractivity contribution < 1.29 is 14.3 Å². The highest BCUT2D eigenvalue weighted by molar-refractivity contribution is 5.95. The van der Waals surface area contributed by atoms with E-state index in [1.165, 1.54) is 37.7 Å². The van der Waals surface area contributed by atoms with E-state index in [-0.39, 0.29) is 58.2 Å². The van der Waals surface area contributed by atoms with Crippen LogP contribution in [-0.4, -0.2) is 30.4 Å². The number of hydrogen-bond donors (Lipinski definition) is 1. The molecule has 1 N–H and O–H groups in total. The van der Waals surface area contributed by atoms with Gasteiger partial charge < -0.3 is 10.1 Å². The molecule has 6 rings (SSSR count). The van der Waals surface area contributed by atoms with Crippen molar-refractivity contribution in [3.8, 4) is 6.07 Å². The Bertz CT molecular complexity index is 1180. The predicted molar refractivity (Wildman–Crippen MR) is 156 cm³/mol. The summed E-state index contributed by atoms with van der Waals surface area (Å²) < 4.78 is 5.53. The highest BCUT2D eigenvalue weighted by atomic mass is 16.5. The highest BCUT2D eigenvalue weighted by Gasteiger charge is 2.69. The van der Waals surface area contributed by atoms with Crippen LogP contribution in [0.3, 0.4) is 0 Å². The van der Waals surface area contributed by atoms with Gasteiger partial charge in [-0.05, 0) is 109 Å². The van der Waals surface area contributed by atoms with Crippen LogP contribution in [0.4, 0.5) is 0 Å². The summed E-state index contributed by atoms with van der Waals surface area (Å²) in [6, 6.07) is 2.05. The summed E-state index contributed by atoms with van der Waals surface area (Å²) in [5.41, 5.74) is 1.37. The number of rotatable bonds is 4. The fourth-order valence-corrected chi connectivity index (χ4v) is 11.5. The SMILES string of the molecule is CC1(C)CCC[C@@]2(C)C1CC[C@]1(C)[C@@H]2C(=O)C=C2[C@@H]3C[C@@](C)(C(=O)NC4C[C@@H]4OCC#N)CC[C@]3(C)CC[C@]21C. The number of nitrogens with zero attached hydrogens (tertiary/aromatic N) is 1. The van der Waals surface area contributed by atoms with E-state index < -0.39 is 5.41 Å². The number of fused-ring (bicyclic) bond motifs is 7. The molecule has 40 heavy (non-hydrogen) atoms. The Labute approximate surface area is 242 Å². The fraction of sp³-hybridized carbons (Fsp3) is 0.857. The lowest BCUT2D eigenvalue weighted by Gasteiger charge is -2.70. The zero-order chi connectivity index (χ0) is 28.9. The first-order valence-corrected chi connectivity index (χ1v) is 16.2. The van der Waals surface area contributed by atoms with E-state index in [2.05, 4.69) is 59.9 Å². The van der Waals surface area contributed by atoms with E-state index in [1.807, 2.05) is 6.07 Å². The maximum Gasteiger partial charge on any atom is 0.226 e. The molecule has 0 saturated heterocycles. The number of nitriles is 1. The Kier molecular flexibility index (Phi) is 6.34. The average molecular weight is 549 g/mol. The maximum absolute atomic E-state index is 14.5. The van der Waals surface area contributed by atoms with Crippen molar-refractivity contribution in [3.05, 3.63) is 11.6 Å². The second-order valence-corrected chi connectivity index (χ2v) is 16.9. The van der Waals surface area contributed by atoms with E-state index in [0.29, 0.717) is 17.1 Å². The second kappa shape index (κ2) is 8.92. The number of nitrogens with one attached hydrogen (secondary N) is 1. The molecule has 0 heterocycles. The zero-order valence-corrected chi connectivity index (χ0v) is 26.1. The van der Waals surface area contributed by atoms with Crippen molar-refractivity contribution in [3.63, 3.8) is 0 Å². The lowest BCUT2D eigenvalue weighted by atomic mass is 9.33. The monoisotopic (exact) mass is 548 g/mol. The van der Waals surface area contributed by atoms with Crippen molar-refractivity contribution in [1.29, 1.82) is 5.26 Å². The van der Waals surface area contributed by atoms with Crippen LogP contribution < -0.4 is 5.32 Å². The molecule has 0 aromatic heterocycles. The van der Waals surface area contributed by atoms with Crippen LogP contribution in [0, 0.1) is 61.6 Å². The van der Waals surface area contributed by atoms with Crippen LogP contribution in [0.5, 0.6) is 0 Å². The molecule has 5 heteroatoms. The molecule has 6 aliphatic carbocycles. The molecule has 0 aromatic carbocycles. The van der Waals surface area contributed by atoms with Crippen molar-refractivity contribution >= 4 is 11.7 Å². The molecular weight excluding hydrogens is 496 g/mol. The molecule has 0 spiro atoms. The van der Waals surface area contributed by atoms with Crippen LogP contribution in [0.25, 0.3) is 0 Å². The van der Waals surface area contributed by atoms with Gasteiger partial charge in [-0.15, -0.1) is 0 Å². The van der Waals surface area contributed by atoms with Gasteiger partial charge in [0.2, 0.25) is 5.91 Å². The average Bonchev–Trinajstić information content (AvgIpc) is 3.61. The number of ketones is 1. The molecular formula is C35H52N2O3. The summed E-state index contributed by atoms with van der Waals surface area (Å²) in [6.07, 6.45) is 14.0. The summed E-state index contributed by atoms with van der Waals surface area (Å²) in [4.78, 5) is 28.2. The van der Waals surface area contributed by atoms with Crippen LogP contribution in [0.1, 0.15) is 119 Å². The van der Waals surface area contributed by atoms with E-state index >= 15 is 0 Å². The zero-order valence-electron chi connectivity index (χ0n) is 26.1. The minimum absolute atomic E-state index is 0.00717. The minimum Gasteiger partial charge on any atom is -0.361 e. The number of amides is 1. The first kappa shape index (κ1) is 28.4. The van der Waals surface area contributed by atoms with Crippen LogP contribution in [-0.2, 0) is 14.3 Å². The van der Waals surface area contributed by atoms with Crippen molar-refractivity contribution in [2.24, 2.45) is 50.2 Å². The molecule has 2 unspecified atom stereocenters. The molecule has 5 saturated carbocycles. The number of carbonyl (C=O) groups is 2. The Morgan fingerprint density at radius 2 is 1.75 bits per heavy atom. The third-order valence-corrected chi connectivity index (χ3v) is 14.3. The normalized spacial score (nSPS) is 50.7. The van der Waals surface area contributed by atoms with E-state index in [4.69, 9.17) is 10.00 Å². The predicted octanol–water partition coefficient (Wildman–Crippen LogP) is 7.15. The Balaban J connectivity index is 1.31. The van der Waals surface area contributed by atoms with Gasteiger partial charge in [0.05, 0.1) is 18.2 Å². The van der Waals surface area contributed by atoms with Crippen LogP contribution >= 0.6 is 0 Å². The first-order chi connectivity index (χ1) is 18.6. The van der Waals surface area contributed by atoms with Gasteiger partial charge in [-0.1, -0.05) is 60.5 Å². The summed E-state index contributed by atoms with van der Waals surface area (Å²) in [7, 11) is 0. The smallest absolute Gasteiger partial charge is 0.226 e. The molecule has 1 amide bonds. The topological polar surface area (TPSA) is 79.2 Å². The van der Waals surface area contributed by atoms with E-state index in [1.54, 1.807) is 0 Å². The minimum atomic E-state index is -0.455. The maximum atomic E-state index is 14.5. The molecule has 5 fully saturated rings. The third-order valence-electron chi connectivity index (χ3n) is 14.3.